The average molecular weight is 562 g/mol. The second-order valence-electron chi connectivity index (χ2n) is 10.6. The summed E-state index contributed by atoms with van der Waals surface area (Å²) in [4.78, 5) is 22.1. The van der Waals surface area contributed by atoms with Crippen LogP contribution in [0.2, 0.25) is 5.02 Å². The molecule has 1 aliphatic heterocycles. The number of fused-ring (bicyclic) bond motifs is 1. The molecule has 2 heterocycles. The SMILES string of the molecule is CC(=O)c1cnc2ccc(-c3cc(F)c(O)c(Cl)c3)cc2c1N[C@H]1CCC[C@@H](CN2CCN(C)CC2)C1.Cl. The van der Waals surface area contributed by atoms with E-state index < -0.39 is 11.6 Å². The van der Waals surface area contributed by atoms with Crippen molar-refractivity contribution in [3.05, 3.63) is 52.9 Å². The number of piperazine rings is 1. The maximum atomic E-state index is 14.2. The zero-order valence-electron chi connectivity index (χ0n) is 21.8. The van der Waals surface area contributed by atoms with Crippen LogP contribution >= 0.6 is 24.0 Å². The van der Waals surface area contributed by atoms with Crippen LogP contribution in [0.15, 0.2) is 36.5 Å². The minimum atomic E-state index is -0.773. The fraction of sp³-hybridized carbons (Fsp3) is 0.448. The van der Waals surface area contributed by atoms with E-state index in [1.54, 1.807) is 19.2 Å². The highest BCUT2D eigenvalue weighted by atomic mass is 35.5. The van der Waals surface area contributed by atoms with Crippen LogP contribution in [0.25, 0.3) is 22.0 Å². The molecule has 38 heavy (non-hydrogen) atoms. The largest absolute Gasteiger partial charge is 0.504 e. The Hall–Kier alpha value is -2.45. The maximum absolute atomic E-state index is 14.2. The number of phenols is 1. The lowest BCUT2D eigenvalue weighted by molar-refractivity contribution is 0.101. The maximum Gasteiger partial charge on any atom is 0.170 e. The summed E-state index contributed by atoms with van der Waals surface area (Å²) in [5, 5.41) is 14.2. The van der Waals surface area contributed by atoms with Gasteiger partial charge in [-0.25, -0.2) is 4.39 Å². The first-order valence-electron chi connectivity index (χ1n) is 13.1. The fourth-order valence-corrected chi connectivity index (χ4v) is 5.92. The third kappa shape index (κ3) is 6.23. The number of nitrogens with one attached hydrogen (secondary N) is 1. The van der Waals surface area contributed by atoms with Crippen LogP contribution in [0, 0.1) is 11.7 Å². The van der Waals surface area contributed by atoms with Crippen LogP contribution in [0.1, 0.15) is 43.0 Å². The summed E-state index contributed by atoms with van der Waals surface area (Å²) in [6.45, 7) is 7.18. The Balaban J connectivity index is 0.00000336. The topological polar surface area (TPSA) is 68.7 Å². The molecular formula is C29H35Cl2FN4O2. The number of carbonyl (C=O) groups excluding carboxylic acids is 1. The molecule has 2 aromatic carbocycles. The summed E-state index contributed by atoms with van der Waals surface area (Å²) in [5.74, 6) is -0.755. The molecule has 2 N–H and O–H groups in total. The number of carbonyl (C=O) groups is 1. The molecule has 0 unspecified atom stereocenters. The molecule has 0 spiro atoms. The van der Waals surface area contributed by atoms with Gasteiger partial charge < -0.3 is 20.2 Å². The van der Waals surface area contributed by atoms with Gasteiger partial charge in [-0.15, -0.1) is 12.4 Å². The van der Waals surface area contributed by atoms with Crippen LogP contribution in [0.4, 0.5) is 10.1 Å². The minimum Gasteiger partial charge on any atom is -0.504 e. The predicted octanol–water partition coefficient (Wildman–Crippen LogP) is 6.24. The number of nitrogens with zero attached hydrogens (tertiary/aromatic N) is 3. The van der Waals surface area contributed by atoms with Gasteiger partial charge in [0.15, 0.2) is 17.3 Å². The zero-order valence-corrected chi connectivity index (χ0v) is 23.4. The average Bonchev–Trinajstić information content (AvgIpc) is 2.88. The lowest BCUT2D eigenvalue weighted by Crippen LogP contribution is -2.46. The molecule has 2 atom stereocenters. The van der Waals surface area contributed by atoms with E-state index in [-0.39, 0.29) is 29.3 Å². The Morgan fingerprint density at radius 2 is 1.92 bits per heavy atom. The summed E-state index contributed by atoms with van der Waals surface area (Å²) in [7, 11) is 2.18. The molecule has 9 heteroatoms. The molecule has 1 aliphatic carbocycles. The first-order valence-corrected chi connectivity index (χ1v) is 13.5. The summed E-state index contributed by atoms with van der Waals surface area (Å²) < 4.78 is 14.2. The van der Waals surface area contributed by atoms with Gasteiger partial charge in [-0.2, -0.15) is 0 Å². The number of aromatic nitrogens is 1. The second-order valence-corrected chi connectivity index (χ2v) is 11.0. The normalized spacial score (nSPS) is 20.7. The Labute approximate surface area is 234 Å². The van der Waals surface area contributed by atoms with Crippen molar-refractivity contribution in [2.45, 2.75) is 38.6 Å². The highest BCUT2D eigenvalue weighted by molar-refractivity contribution is 6.32. The van der Waals surface area contributed by atoms with E-state index in [0.29, 0.717) is 17.0 Å². The van der Waals surface area contributed by atoms with E-state index in [2.05, 4.69) is 27.1 Å². The van der Waals surface area contributed by atoms with E-state index >= 15 is 0 Å². The third-order valence-electron chi connectivity index (χ3n) is 7.84. The molecule has 0 bridgehead atoms. The van der Waals surface area contributed by atoms with Crippen molar-refractivity contribution in [3.63, 3.8) is 0 Å². The van der Waals surface area contributed by atoms with Crippen molar-refractivity contribution < 1.29 is 14.3 Å². The molecule has 204 valence electrons. The number of halogens is 3. The quantitative estimate of drug-likeness (QED) is 0.347. The number of benzene rings is 2. The van der Waals surface area contributed by atoms with Crippen LogP contribution in [0.5, 0.6) is 5.75 Å². The summed E-state index contributed by atoms with van der Waals surface area (Å²) >= 11 is 6.04. The first-order chi connectivity index (χ1) is 17.8. The Kier molecular flexibility index (Phi) is 9.14. The molecule has 3 aromatic rings. The van der Waals surface area contributed by atoms with Gasteiger partial charge in [0, 0.05) is 50.3 Å². The smallest absolute Gasteiger partial charge is 0.170 e. The van der Waals surface area contributed by atoms with Crippen molar-refractivity contribution in [2.75, 3.05) is 45.1 Å². The number of likely N-dealkylation sites (N-methyl/N-ethyl adjacent to an activating group) is 1. The van der Waals surface area contributed by atoms with Crippen molar-refractivity contribution in [3.8, 4) is 16.9 Å². The summed E-state index contributed by atoms with van der Waals surface area (Å²) in [6.07, 6.45) is 6.16. The molecule has 0 amide bonds. The van der Waals surface area contributed by atoms with Crippen LogP contribution in [-0.4, -0.2) is 71.5 Å². The number of anilines is 1. The van der Waals surface area contributed by atoms with Gasteiger partial charge in [0.1, 0.15) is 0 Å². The van der Waals surface area contributed by atoms with Crippen LogP contribution in [-0.2, 0) is 0 Å². The molecule has 2 aliphatic rings. The lowest BCUT2D eigenvalue weighted by atomic mass is 9.84. The van der Waals surface area contributed by atoms with Gasteiger partial charge in [0.05, 0.1) is 21.8 Å². The molecule has 1 saturated heterocycles. The van der Waals surface area contributed by atoms with E-state index in [1.165, 1.54) is 12.5 Å². The van der Waals surface area contributed by atoms with Gasteiger partial charge in [-0.05, 0) is 74.5 Å². The van der Waals surface area contributed by atoms with Crippen molar-refractivity contribution in [2.24, 2.45) is 5.92 Å². The van der Waals surface area contributed by atoms with Crippen LogP contribution < -0.4 is 5.32 Å². The third-order valence-corrected chi connectivity index (χ3v) is 8.13. The Morgan fingerprint density at radius 1 is 1.16 bits per heavy atom. The summed E-state index contributed by atoms with van der Waals surface area (Å²) in [6, 6.07) is 8.71. The van der Waals surface area contributed by atoms with Gasteiger partial charge >= 0.3 is 0 Å². The van der Waals surface area contributed by atoms with Gasteiger partial charge in [0.25, 0.3) is 0 Å². The van der Waals surface area contributed by atoms with Crippen molar-refractivity contribution in [1.29, 1.82) is 0 Å². The van der Waals surface area contributed by atoms with E-state index in [4.69, 9.17) is 11.6 Å². The molecule has 2 fully saturated rings. The first kappa shape index (κ1) is 28.6. The number of phenolic OH excluding ortho intramolecular Hbond substituents is 1. The number of ketones is 1. The number of hydrogen-bond acceptors (Lipinski definition) is 6. The molecule has 5 rings (SSSR count). The molecule has 1 saturated carbocycles. The Bertz CT molecular complexity index is 1290. The van der Waals surface area contributed by atoms with E-state index in [0.717, 1.165) is 74.1 Å². The second kappa shape index (κ2) is 12.2. The molecule has 1 aromatic heterocycles. The van der Waals surface area contributed by atoms with Crippen LogP contribution in [0.3, 0.4) is 0 Å². The van der Waals surface area contributed by atoms with Crippen molar-refractivity contribution in [1.82, 2.24) is 14.8 Å². The highest BCUT2D eigenvalue weighted by Crippen LogP contribution is 2.37. The standard InChI is InChI=1S/C29H34ClFN4O2.ClH/c1-18(36)24-16-32-27-7-6-20(21-14-25(30)29(37)26(31)15-21)13-23(27)28(24)33-22-5-3-4-19(12-22)17-35-10-8-34(2)9-11-35;/h6-7,13-16,19,22,37H,3-5,8-12,17H2,1-2H3,(H,32,33);1H/t19-,22+;/m1./s1. The highest BCUT2D eigenvalue weighted by Gasteiger charge is 2.26. The monoisotopic (exact) mass is 560 g/mol. The Morgan fingerprint density at radius 3 is 2.63 bits per heavy atom. The van der Waals surface area contributed by atoms with E-state index in [9.17, 15) is 14.3 Å². The number of pyridine rings is 1. The minimum absolute atomic E-state index is 0. The number of hydrogen-bond donors (Lipinski definition) is 2. The fourth-order valence-electron chi connectivity index (χ4n) is 5.71. The van der Waals surface area contributed by atoms with Gasteiger partial charge in [-0.3, -0.25) is 9.78 Å². The zero-order chi connectivity index (χ0) is 26.1. The lowest BCUT2D eigenvalue weighted by Gasteiger charge is -2.37. The summed E-state index contributed by atoms with van der Waals surface area (Å²) in [5.41, 5.74) is 3.38. The number of Topliss-reactive ketones (excluding diaryl/α,β-unsaturated/α-hetero) is 1. The molecule has 0 radical (unpaired) electrons. The molecule has 6 nitrogen and oxygen atoms in total. The number of rotatable bonds is 6. The number of aromatic hydroxyl groups is 1. The predicted molar refractivity (Wildman–Crippen MR) is 154 cm³/mol. The van der Waals surface area contributed by atoms with Gasteiger partial charge in [-0.1, -0.05) is 24.1 Å². The van der Waals surface area contributed by atoms with Crippen molar-refractivity contribution >= 4 is 46.4 Å². The van der Waals surface area contributed by atoms with Gasteiger partial charge in [0.2, 0.25) is 0 Å². The van der Waals surface area contributed by atoms with E-state index in [1.807, 2.05) is 18.2 Å². The molecular weight excluding hydrogens is 526 g/mol.